The van der Waals surface area contributed by atoms with Crippen molar-refractivity contribution in [3.8, 4) is 0 Å². The van der Waals surface area contributed by atoms with Crippen LogP contribution in [-0.4, -0.2) is 21.6 Å². The molecule has 0 fully saturated rings. The highest BCUT2D eigenvalue weighted by atomic mass is 127. The topological polar surface area (TPSA) is 46.9 Å². The van der Waals surface area contributed by atoms with E-state index in [1.165, 1.54) is 0 Å². The lowest BCUT2D eigenvalue weighted by Gasteiger charge is -2.20. The molecule has 5 heteroatoms. The predicted molar refractivity (Wildman–Crippen MR) is 78.3 cm³/mol. The van der Waals surface area contributed by atoms with E-state index in [0.717, 1.165) is 18.7 Å². The second-order valence-electron chi connectivity index (χ2n) is 5.17. The van der Waals surface area contributed by atoms with Gasteiger partial charge in [-0.25, -0.2) is 4.98 Å². The molecule has 0 aliphatic carbocycles. The lowest BCUT2D eigenvalue weighted by molar-refractivity contribution is 0.412. The second-order valence-corrected chi connectivity index (χ2v) is 6.25. The van der Waals surface area contributed by atoms with Gasteiger partial charge in [0, 0.05) is 12.1 Å². The summed E-state index contributed by atoms with van der Waals surface area (Å²) in [5.41, 5.74) is 0.999. The van der Waals surface area contributed by atoms with Crippen molar-refractivity contribution < 1.29 is 0 Å². The van der Waals surface area contributed by atoms with Gasteiger partial charge in [-0.1, -0.05) is 0 Å². The number of hydrogen-bond donors (Lipinski definition) is 1. The molecule has 0 atom stereocenters. The van der Waals surface area contributed by atoms with E-state index in [1.54, 1.807) is 10.9 Å². The normalized spacial score (nSPS) is 11.8. The van der Waals surface area contributed by atoms with Crippen LogP contribution in [0.1, 0.15) is 32.9 Å². The molecule has 1 N–H and O–H groups in total. The zero-order chi connectivity index (χ0) is 13.1. The first-order chi connectivity index (χ1) is 7.81. The van der Waals surface area contributed by atoms with Crippen LogP contribution in [0.4, 0.5) is 0 Å². The van der Waals surface area contributed by atoms with Crippen molar-refractivity contribution in [1.82, 2.24) is 14.9 Å². The summed E-state index contributed by atoms with van der Waals surface area (Å²) in [6, 6.07) is 0. The molecular formula is C12H20IN3O. The van der Waals surface area contributed by atoms with Crippen LogP contribution in [-0.2, 0) is 6.54 Å². The number of nitrogens with zero attached hydrogens (tertiary/aromatic N) is 2. The Bertz CT molecular complexity index is 434. The first-order valence-electron chi connectivity index (χ1n) is 5.78. The molecular weight excluding hydrogens is 329 g/mol. The largest absolute Gasteiger partial charge is 0.312 e. The molecule has 0 aliphatic heterocycles. The SMILES string of the molecule is Cc1ncn(CCCNC(C)(C)C)c(=O)c1I. The summed E-state index contributed by atoms with van der Waals surface area (Å²) < 4.78 is 2.40. The summed E-state index contributed by atoms with van der Waals surface area (Å²) in [5, 5.41) is 3.40. The summed E-state index contributed by atoms with van der Waals surface area (Å²) in [7, 11) is 0. The standard InChI is InChI=1S/C12H20IN3O/c1-9-10(13)11(17)16(8-14-9)7-5-6-15-12(2,3)4/h8,15H,5-7H2,1-4H3. The monoisotopic (exact) mass is 349 g/mol. The van der Waals surface area contributed by atoms with Gasteiger partial charge in [-0.3, -0.25) is 9.36 Å². The van der Waals surface area contributed by atoms with Gasteiger partial charge in [-0.05, 0) is 63.3 Å². The van der Waals surface area contributed by atoms with Gasteiger partial charge in [0.1, 0.15) is 0 Å². The Morgan fingerprint density at radius 1 is 1.47 bits per heavy atom. The van der Waals surface area contributed by atoms with E-state index in [2.05, 4.69) is 53.7 Å². The van der Waals surface area contributed by atoms with Gasteiger partial charge in [-0.15, -0.1) is 0 Å². The molecule has 0 aliphatic rings. The van der Waals surface area contributed by atoms with Gasteiger partial charge in [0.15, 0.2) is 0 Å². The fourth-order valence-electron chi connectivity index (χ4n) is 1.42. The van der Waals surface area contributed by atoms with Gasteiger partial charge < -0.3 is 5.32 Å². The minimum Gasteiger partial charge on any atom is -0.312 e. The van der Waals surface area contributed by atoms with Gasteiger partial charge in [0.2, 0.25) is 0 Å². The summed E-state index contributed by atoms with van der Waals surface area (Å²) in [5.74, 6) is 0. The third-order valence-corrected chi connectivity index (χ3v) is 3.63. The van der Waals surface area contributed by atoms with Crippen LogP contribution >= 0.6 is 22.6 Å². The second kappa shape index (κ2) is 5.95. The number of halogens is 1. The first-order valence-corrected chi connectivity index (χ1v) is 6.86. The van der Waals surface area contributed by atoms with E-state index < -0.39 is 0 Å². The van der Waals surface area contributed by atoms with E-state index in [1.807, 2.05) is 6.92 Å². The summed E-state index contributed by atoms with van der Waals surface area (Å²) in [4.78, 5) is 16.1. The minimum absolute atomic E-state index is 0.0638. The molecule has 0 bridgehead atoms. The van der Waals surface area contributed by atoms with Gasteiger partial charge in [0.05, 0.1) is 15.6 Å². The fraction of sp³-hybridized carbons (Fsp3) is 0.667. The van der Waals surface area contributed by atoms with Crippen molar-refractivity contribution in [2.45, 2.75) is 46.2 Å². The molecule has 1 heterocycles. The van der Waals surface area contributed by atoms with Gasteiger partial charge in [-0.2, -0.15) is 0 Å². The summed E-state index contributed by atoms with van der Waals surface area (Å²) in [6.45, 7) is 9.88. The third kappa shape index (κ3) is 4.75. The molecule has 0 saturated carbocycles. The van der Waals surface area contributed by atoms with Gasteiger partial charge in [0.25, 0.3) is 5.56 Å². The lowest BCUT2D eigenvalue weighted by Crippen LogP contribution is -2.37. The Kier molecular flexibility index (Phi) is 5.12. The first kappa shape index (κ1) is 14.6. The maximum absolute atomic E-state index is 11.9. The number of aryl methyl sites for hydroxylation is 2. The summed E-state index contributed by atoms with van der Waals surface area (Å²) in [6.07, 6.45) is 2.56. The molecule has 0 unspecified atom stereocenters. The average molecular weight is 349 g/mol. The molecule has 1 rings (SSSR count). The highest BCUT2D eigenvalue weighted by Gasteiger charge is 2.08. The van der Waals surface area contributed by atoms with E-state index in [-0.39, 0.29) is 11.1 Å². The zero-order valence-corrected chi connectivity index (χ0v) is 13.0. The molecule has 17 heavy (non-hydrogen) atoms. The molecule has 0 amide bonds. The van der Waals surface area contributed by atoms with Crippen molar-refractivity contribution in [2.75, 3.05) is 6.54 Å². The predicted octanol–water partition coefficient (Wildman–Crippen LogP) is 1.93. The van der Waals surface area contributed by atoms with E-state index in [9.17, 15) is 4.79 Å². The van der Waals surface area contributed by atoms with E-state index >= 15 is 0 Å². The number of hydrogen-bond acceptors (Lipinski definition) is 3. The van der Waals surface area contributed by atoms with Crippen molar-refractivity contribution in [2.24, 2.45) is 0 Å². The van der Waals surface area contributed by atoms with Crippen LogP contribution in [0.5, 0.6) is 0 Å². The van der Waals surface area contributed by atoms with Crippen molar-refractivity contribution in [1.29, 1.82) is 0 Å². The molecule has 1 aromatic rings. The van der Waals surface area contributed by atoms with Crippen LogP contribution < -0.4 is 10.9 Å². The molecule has 0 aromatic carbocycles. The van der Waals surface area contributed by atoms with Crippen LogP contribution in [0, 0.1) is 10.5 Å². The smallest absolute Gasteiger partial charge is 0.266 e. The quantitative estimate of drug-likeness (QED) is 0.668. The highest BCUT2D eigenvalue weighted by molar-refractivity contribution is 14.1. The summed E-state index contributed by atoms with van der Waals surface area (Å²) >= 11 is 2.06. The molecule has 4 nitrogen and oxygen atoms in total. The Morgan fingerprint density at radius 2 is 2.12 bits per heavy atom. The van der Waals surface area contributed by atoms with Crippen molar-refractivity contribution in [3.05, 3.63) is 25.9 Å². The average Bonchev–Trinajstić information content (AvgIpc) is 2.22. The molecule has 0 spiro atoms. The lowest BCUT2D eigenvalue weighted by atomic mass is 10.1. The molecule has 96 valence electrons. The Balaban J connectivity index is 2.54. The van der Waals surface area contributed by atoms with Crippen LogP contribution in [0.25, 0.3) is 0 Å². The molecule has 0 saturated heterocycles. The maximum atomic E-state index is 11.9. The molecule has 1 aromatic heterocycles. The van der Waals surface area contributed by atoms with Crippen molar-refractivity contribution >= 4 is 22.6 Å². The van der Waals surface area contributed by atoms with Crippen LogP contribution in [0.15, 0.2) is 11.1 Å². The number of aromatic nitrogens is 2. The van der Waals surface area contributed by atoms with Crippen LogP contribution in [0.3, 0.4) is 0 Å². The number of rotatable bonds is 4. The minimum atomic E-state index is 0.0638. The fourth-order valence-corrected chi connectivity index (χ4v) is 1.87. The Labute approximate surface area is 116 Å². The van der Waals surface area contributed by atoms with Gasteiger partial charge >= 0.3 is 0 Å². The van der Waals surface area contributed by atoms with E-state index in [0.29, 0.717) is 10.1 Å². The Morgan fingerprint density at radius 3 is 2.71 bits per heavy atom. The third-order valence-electron chi connectivity index (χ3n) is 2.39. The van der Waals surface area contributed by atoms with Crippen molar-refractivity contribution in [3.63, 3.8) is 0 Å². The Hall–Kier alpha value is -0.430. The number of nitrogens with one attached hydrogen (secondary N) is 1. The van der Waals surface area contributed by atoms with Crippen LogP contribution in [0.2, 0.25) is 0 Å². The highest BCUT2D eigenvalue weighted by Crippen LogP contribution is 2.02. The molecule has 0 radical (unpaired) electrons. The zero-order valence-electron chi connectivity index (χ0n) is 10.9. The maximum Gasteiger partial charge on any atom is 0.266 e. The van der Waals surface area contributed by atoms with E-state index in [4.69, 9.17) is 0 Å².